The van der Waals surface area contributed by atoms with E-state index in [0.717, 1.165) is 31.5 Å². The number of likely N-dealkylation sites (tertiary alicyclic amines) is 1. The fraction of sp³-hybridized carbons (Fsp3) is 0.762. The van der Waals surface area contributed by atoms with Gasteiger partial charge < -0.3 is 25.4 Å². The van der Waals surface area contributed by atoms with Crippen molar-refractivity contribution in [1.29, 1.82) is 0 Å². The monoisotopic (exact) mass is 422 g/mol. The summed E-state index contributed by atoms with van der Waals surface area (Å²) in [5, 5.41) is 21.4. The van der Waals surface area contributed by atoms with Gasteiger partial charge in [0.25, 0.3) is 0 Å². The second-order valence-electron chi connectivity index (χ2n) is 9.19. The molecule has 2 heterocycles. The lowest BCUT2D eigenvalue weighted by Crippen LogP contribution is -2.47. The molecule has 3 N–H and O–H groups in total. The summed E-state index contributed by atoms with van der Waals surface area (Å²) < 4.78 is 7.17. The number of carbonyl (C=O) groups is 1. The standard InChI is InChI=1S/C21H38N6O3/c1-7-22-18(24-15-21(5,29)17-12-25-26(6)14-17)23-11-16-9-8-10-27(13-16)19(28)30-20(2,3)4/h12,14,16,29H,7-11,13,15H2,1-6H3,(H2,22,23,24). The first-order chi connectivity index (χ1) is 14.0. The summed E-state index contributed by atoms with van der Waals surface area (Å²) in [6, 6.07) is 0. The number of nitrogens with one attached hydrogen (secondary N) is 2. The molecule has 0 aromatic carbocycles. The highest BCUT2D eigenvalue weighted by atomic mass is 16.6. The second kappa shape index (κ2) is 10.1. The largest absolute Gasteiger partial charge is 0.444 e. The number of guanidine groups is 1. The lowest BCUT2D eigenvalue weighted by atomic mass is 9.98. The average Bonchev–Trinajstić information content (AvgIpc) is 3.10. The summed E-state index contributed by atoms with van der Waals surface area (Å²) >= 11 is 0. The number of aliphatic imine (C=N–C) groups is 1. The number of aryl methyl sites for hydroxylation is 1. The Morgan fingerprint density at radius 1 is 1.37 bits per heavy atom. The number of carbonyl (C=O) groups excluding carboxylic acids is 1. The molecular formula is C21H38N6O3. The first kappa shape index (κ1) is 24.0. The molecule has 1 aromatic heterocycles. The Bertz CT molecular complexity index is 723. The molecule has 30 heavy (non-hydrogen) atoms. The third kappa shape index (κ3) is 7.51. The normalized spacial score (nSPS) is 19.9. The molecule has 2 unspecified atom stereocenters. The summed E-state index contributed by atoms with van der Waals surface area (Å²) in [5.74, 6) is 0.963. The molecule has 170 valence electrons. The smallest absolute Gasteiger partial charge is 0.410 e. The first-order valence-corrected chi connectivity index (χ1v) is 10.7. The van der Waals surface area contributed by atoms with Crippen LogP contribution in [0, 0.1) is 5.92 Å². The summed E-state index contributed by atoms with van der Waals surface area (Å²) in [6.45, 7) is 12.4. The molecule has 2 rings (SSSR count). The lowest BCUT2D eigenvalue weighted by Gasteiger charge is -2.34. The SMILES string of the molecule is CCNC(=NCC(C)(O)c1cnn(C)c1)NCC1CCCN(C(=O)OC(C)(C)C)C1. The van der Waals surface area contributed by atoms with Gasteiger partial charge in [0.15, 0.2) is 5.96 Å². The van der Waals surface area contributed by atoms with Crippen LogP contribution in [0.1, 0.15) is 53.0 Å². The van der Waals surface area contributed by atoms with Gasteiger partial charge in [-0.1, -0.05) is 0 Å². The van der Waals surface area contributed by atoms with Gasteiger partial charge in [0.05, 0.1) is 12.7 Å². The van der Waals surface area contributed by atoms with Gasteiger partial charge in [-0.3, -0.25) is 4.68 Å². The zero-order chi connectivity index (χ0) is 22.4. The molecule has 0 aliphatic carbocycles. The Morgan fingerprint density at radius 3 is 2.70 bits per heavy atom. The molecule has 0 bridgehead atoms. The molecule has 9 nitrogen and oxygen atoms in total. The highest BCUT2D eigenvalue weighted by molar-refractivity contribution is 5.79. The van der Waals surface area contributed by atoms with Crippen molar-refractivity contribution in [2.45, 2.75) is 58.7 Å². The van der Waals surface area contributed by atoms with Crippen LogP contribution in [0.2, 0.25) is 0 Å². The molecule has 1 aromatic rings. The van der Waals surface area contributed by atoms with Gasteiger partial charge in [-0.25, -0.2) is 9.79 Å². The van der Waals surface area contributed by atoms with E-state index in [1.165, 1.54) is 0 Å². The fourth-order valence-electron chi connectivity index (χ4n) is 3.33. The van der Waals surface area contributed by atoms with Gasteiger partial charge in [0, 0.05) is 45.0 Å². The minimum atomic E-state index is -1.10. The van der Waals surface area contributed by atoms with E-state index >= 15 is 0 Å². The number of aromatic nitrogens is 2. The molecular weight excluding hydrogens is 384 g/mol. The van der Waals surface area contributed by atoms with Crippen LogP contribution >= 0.6 is 0 Å². The quantitative estimate of drug-likeness (QED) is 0.477. The summed E-state index contributed by atoms with van der Waals surface area (Å²) in [6.07, 6.45) is 5.20. The number of ether oxygens (including phenoxy) is 1. The van der Waals surface area contributed by atoms with E-state index in [1.807, 2.05) is 34.7 Å². The van der Waals surface area contributed by atoms with Crippen LogP contribution in [0.25, 0.3) is 0 Å². The number of aliphatic hydroxyl groups is 1. The third-order valence-electron chi connectivity index (χ3n) is 4.94. The van der Waals surface area contributed by atoms with Gasteiger partial charge in [-0.05, 0) is 53.4 Å². The minimum Gasteiger partial charge on any atom is -0.444 e. The van der Waals surface area contributed by atoms with Crippen LogP contribution in [0.4, 0.5) is 4.79 Å². The van der Waals surface area contributed by atoms with Gasteiger partial charge in [0.2, 0.25) is 0 Å². The number of piperidine rings is 1. The molecule has 0 spiro atoms. The van der Waals surface area contributed by atoms with E-state index in [0.29, 0.717) is 25.0 Å². The van der Waals surface area contributed by atoms with Crippen molar-refractivity contribution in [3.63, 3.8) is 0 Å². The molecule has 2 atom stereocenters. The van der Waals surface area contributed by atoms with Crippen molar-refractivity contribution >= 4 is 12.1 Å². The molecule has 1 aliphatic heterocycles. The van der Waals surface area contributed by atoms with E-state index in [1.54, 1.807) is 28.9 Å². The number of amides is 1. The Kier molecular flexibility index (Phi) is 8.11. The van der Waals surface area contributed by atoms with Crippen LogP contribution < -0.4 is 10.6 Å². The van der Waals surface area contributed by atoms with Crippen LogP contribution in [-0.4, -0.2) is 70.2 Å². The topological polar surface area (TPSA) is 104 Å². The van der Waals surface area contributed by atoms with Crippen molar-refractivity contribution in [3.05, 3.63) is 18.0 Å². The Hall–Kier alpha value is -2.29. The molecule has 1 fully saturated rings. The van der Waals surface area contributed by atoms with Gasteiger partial charge >= 0.3 is 6.09 Å². The van der Waals surface area contributed by atoms with Crippen LogP contribution in [0.15, 0.2) is 17.4 Å². The maximum Gasteiger partial charge on any atom is 0.410 e. The number of hydrogen-bond acceptors (Lipinski definition) is 5. The maximum absolute atomic E-state index is 12.4. The lowest BCUT2D eigenvalue weighted by molar-refractivity contribution is 0.0168. The van der Waals surface area contributed by atoms with Crippen LogP contribution in [0.5, 0.6) is 0 Å². The summed E-state index contributed by atoms with van der Waals surface area (Å²) in [4.78, 5) is 18.7. The molecule has 1 aliphatic rings. The van der Waals surface area contributed by atoms with Crippen LogP contribution in [-0.2, 0) is 17.4 Å². The van der Waals surface area contributed by atoms with E-state index in [2.05, 4.69) is 20.7 Å². The zero-order valence-corrected chi connectivity index (χ0v) is 19.2. The zero-order valence-electron chi connectivity index (χ0n) is 19.2. The number of rotatable bonds is 6. The van der Waals surface area contributed by atoms with E-state index in [-0.39, 0.29) is 12.6 Å². The average molecular weight is 423 g/mol. The Balaban J connectivity index is 1.91. The van der Waals surface area contributed by atoms with Crippen molar-refractivity contribution in [2.75, 3.05) is 32.7 Å². The van der Waals surface area contributed by atoms with Crippen LogP contribution in [0.3, 0.4) is 0 Å². The van der Waals surface area contributed by atoms with E-state index in [4.69, 9.17) is 4.74 Å². The first-order valence-electron chi connectivity index (χ1n) is 10.7. The summed E-state index contributed by atoms with van der Waals surface area (Å²) in [7, 11) is 1.82. The van der Waals surface area contributed by atoms with E-state index < -0.39 is 11.2 Å². The molecule has 9 heteroatoms. The molecule has 0 radical (unpaired) electrons. The van der Waals surface area contributed by atoms with E-state index in [9.17, 15) is 9.90 Å². The number of nitrogens with zero attached hydrogens (tertiary/aromatic N) is 4. The highest BCUT2D eigenvalue weighted by Gasteiger charge is 2.28. The predicted molar refractivity (Wildman–Crippen MR) is 117 cm³/mol. The fourth-order valence-corrected chi connectivity index (χ4v) is 3.33. The maximum atomic E-state index is 12.4. The Morgan fingerprint density at radius 2 is 2.10 bits per heavy atom. The van der Waals surface area contributed by atoms with Crippen molar-refractivity contribution in [2.24, 2.45) is 18.0 Å². The summed E-state index contributed by atoms with van der Waals surface area (Å²) in [5.41, 5.74) is -0.863. The highest BCUT2D eigenvalue weighted by Crippen LogP contribution is 2.20. The predicted octanol–water partition coefficient (Wildman–Crippen LogP) is 1.83. The van der Waals surface area contributed by atoms with Gasteiger partial charge in [-0.15, -0.1) is 0 Å². The van der Waals surface area contributed by atoms with Crippen molar-refractivity contribution in [3.8, 4) is 0 Å². The van der Waals surface area contributed by atoms with Gasteiger partial charge in [0.1, 0.15) is 11.2 Å². The molecule has 1 amide bonds. The van der Waals surface area contributed by atoms with Crippen molar-refractivity contribution in [1.82, 2.24) is 25.3 Å². The van der Waals surface area contributed by atoms with Crippen molar-refractivity contribution < 1.29 is 14.6 Å². The number of hydrogen-bond donors (Lipinski definition) is 3. The second-order valence-corrected chi connectivity index (χ2v) is 9.19. The third-order valence-corrected chi connectivity index (χ3v) is 4.94. The minimum absolute atomic E-state index is 0.211. The van der Waals surface area contributed by atoms with Gasteiger partial charge in [-0.2, -0.15) is 5.10 Å². The molecule has 1 saturated heterocycles. The Labute approximate surface area is 179 Å². The molecule has 0 saturated carbocycles.